The lowest BCUT2D eigenvalue weighted by molar-refractivity contribution is 0.135. The van der Waals surface area contributed by atoms with Crippen LogP contribution < -0.4 is 9.47 Å². The standard InChI is InChI=1S/C20H24FNO4S/c1-14-12-19(25-3)20(13-15(14)2)27(23,24)22-10-8-18(9-11-22)26-17-6-4-16(21)5-7-17/h4-7,12-13,18H,8-11H2,1-3H3. The minimum atomic E-state index is -3.64. The maximum Gasteiger partial charge on any atom is 0.246 e. The van der Waals surface area contributed by atoms with Crippen LogP contribution in [0.15, 0.2) is 41.3 Å². The average molecular weight is 393 g/mol. The van der Waals surface area contributed by atoms with E-state index in [2.05, 4.69) is 0 Å². The molecule has 1 saturated heterocycles. The van der Waals surface area contributed by atoms with Gasteiger partial charge in [0.15, 0.2) is 0 Å². The molecule has 0 bridgehead atoms. The Morgan fingerprint density at radius 3 is 2.22 bits per heavy atom. The molecule has 0 radical (unpaired) electrons. The zero-order chi connectivity index (χ0) is 19.6. The van der Waals surface area contributed by atoms with Gasteiger partial charge in [0.2, 0.25) is 10.0 Å². The molecule has 0 saturated carbocycles. The van der Waals surface area contributed by atoms with E-state index in [9.17, 15) is 12.8 Å². The number of hydrogen-bond donors (Lipinski definition) is 0. The highest BCUT2D eigenvalue weighted by Crippen LogP contribution is 2.31. The molecule has 0 amide bonds. The Bertz CT molecular complexity index is 904. The summed E-state index contributed by atoms with van der Waals surface area (Å²) in [6, 6.07) is 9.29. The summed E-state index contributed by atoms with van der Waals surface area (Å²) in [4.78, 5) is 0.200. The molecule has 146 valence electrons. The second kappa shape index (κ2) is 7.86. The molecule has 0 unspecified atom stereocenters. The maximum atomic E-state index is 13.1. The first kappa shape index (κ1) is 19.6. The highest BCUT2D eigenvalue weighted by Gasteiger charge is 2.32. The average Bonchev–Trinajstić information content (AvgIpc) is 2.66. The molecule has 2 aromatic carbocycles. The summed E-state index contributed by atoms with van der Waals surface area (Å²) in [7, 11) is -2.16. The topological polar surface area (TPSA) is 55.8 Å². The number of sulfonamides is 1. The first-order valence-corrected chi connectivity index (χ1v) is 10.3. The Balaban J connectivity index is 1.71. The quantitative estimate of drug-likeness (QED) is 0.778. The van der Waals surface area contributed by atoms with E-state index in [1.807, 2.05) is 13.8 Å². The van der Waals surface area contributed by atoms with Crippen molar-refractivity contribution in [3.8, 4) is 11.5 Å². The molecular weight excluding hydrogens is 369 g/mol. The fourth-order valence-corrected chi connectivity index (χ4v) is 4.85. The summed E-state index contributed by atoms with van der Waals surface area (Å²) in [6.45, 7) is 4.54. The van der Waals surface area contributed by atoms with E-state index in [1.54, 1.807) is 24.3 Å². The largest absolute Gasteiger partial charge is 0.495 e. The molecule has 0 spiro atoms. The van der Waals surface area contributed by atoms with Crippen LogP contribution in [0.5, 0.6) is 11.5 Å². The zero-order valence-corrected chi connectivity index (χ0v) is 16.6. The minimum absolute atomic E-state index is 0.0939. The third kappa shape index (κ3) is 4.25. The van der Waals surface area contributed by atoms with Crippen LogP contribution in [-0.4, -0.2) is 39.0 Å². The van der Waals surface area contributed by atoms with E-state index in [-0.39, 0.29) is 16.8 Å². The fourth-order valence-electron chi connectivity index (χ4n) is 3.16. The number of ether oxygens (including phenoxy) is 2. The van der Waals surface area contributed by atoms with Crippen molar-refractivity contribution in [3.63, 3.8) is 0 Å². The van der Waals surface area contributed by atoms with Gasteiger partial charge in [0.25, 0.3) is 0 Å². The van der Waals surface area contributed by atoms with Gasteiger partial charge in [-0.3, -0.25) is 0 Å². The molecule has 27 heavy (non-hydrogen) atoms. The van der Waals surface area contributed by atoms with Crippen LogP contribution in [0.25, 0.3) is 0 Å². The van der Waals surface area contributed by atoms with Gasteiger partial charge in [-0.1, -0.05) is 0 Å². The highest BCUT2D eigenvalue weighted by molar-refractivity contribution is 7.89. The van der Waals surface area contributed by atoms with Crippen molar-refractivity contribution in [2.24, 2.45) is 0 Å². The van der Waals surface area contributed by atoms with Crippen LogP contribution in [0.2, 0.25) is 0 Å². The molecular formula is C20H24FNO4S. The zero-order valence-electron chi connectivity index (χ0n) is 15.7. The van der Waals surface area contributed by atoms with Crippen LogP contribution in [0.4, 0.5) is 4.39 Å². The lowest BCUT2D eigenvalue weighted by atomic mass is 10.1. The predicted octanol–water partition coefficient (Wildman–Crippen LogP) is 3.68. The molecule has 2 aromatic rings. The number of piperidine rings is 1. The molecule has 1 aliphatic heterocycles. The third-order valence-corrected chi connectivity index (χ3v) is 6.83. The third-order valence-electron chi connectivity index (χ3n) is 4.92. The number of halogens is 1. The normalized spacial score (nSPS) is 16.3. The summed E-state index contributed by atoms with van der Waals surface area (Å²) < 4.78 is 51.8. The van der Waals surface area contributed by atoms with E-state index in [4.69, 9.17) is 9.47 Å². The van der Waals surface area contributed by atoms with Crippen molar-refractivity contribution in [2.75, 3.05) is 20.2 Å². The van der Waals surface area contributed by atoms with Gasteiger partial charge in [-0.15, -0.1) is 0 Å². The second-order valence-corrected chi connectivity index (χ2v) is 8.67. The number of benzene rings is 2. The number of nitrogens with zero attached hydrogens (tertiary/aromatic N) is 1. The van der Waals surface area contributed by atoms with Crippen molar-refractivity contribution in [1.29, 1.82) is 0 Å². The molecule has 1 aliphatic rings. The molecule has 1 heterocycles. The van der Waals surface area contributed by atoms with Crippen molar-refractivity contribution < 1.29 is 22.3 Å². The number of methoxy groups -OCH3 is 1. The summed E-state index contributed by atoms with van der Waals surface area (Å²) in [5, 5.41) is 0. The van der Waals surface area contributed by atoms with E-state index < -0.39 is 10.0 Å². The molecule has 1 fully saturated rings. The van der Waals surface area contributed by atoms with Gasteiger partial charge in [-0.05, 0) is 74.2 Å². The number of hydrogen-bond acceptors (Lipinski definition) is 4. The fraction of sp³-hybridized carbons (Fsp3) is 0.400. The lowest BCUT2D eigenvalue weighted by Crippen LogP contribution is -2.41. The SMILES string of the molecule is COc1cc(C)c(C)cc1S(=O)(=O)N1CCC(Oc2ccc(F)cc2)CC1. The molecule has 0 atom stereocenters. The smallest absolute Gasteiger partial charge is 0.246 e. The van der Waals surface area contributed by atoms with E-state index in [0.717, 1.165) is 11.1 Å². The predicted molar refractivity (Wildman–Crippen MR) is 101 cm³/mol. The Labute approximate surface area is 159 Å². The van der Waals surface area contributed by atoms with Gasteiger partial charge >= 0.3 is 0 Å². The van der Waals surface area contributed by atoms with Crippen LogP contribution in [0.3, 0.4) is 0 Å². The molecule has 3 rings (SSSR count). The van der Waals surface area contributed by atoms with Gasteiger partial charge in [-0.25, -0.2) is 12.8 Å². The van der Waals surface area contributed by atoms with Crippen LogP contribution in [0.1, 0.15) is 24.0 Å². The van der Waals surface area contributed by atoms with Gasteiger partial charge in [0.05, 0.1) is 7.11 Å². The van der Waals surface area contributed by atoms with Gasteiger partial charge in [0.1, 0.15) is 28.3 Å². The van der Waals surface area contributed by atoms with Crippen molar-refractivity contribution in [2.45, 2.75) is 37.7 Å². The van der Waals surface area contributed by atoms with Crippen molar-refractivity contribution in [3.05, 3.63) is 53.3 Å². The first-order chi connectivity index (χ1) is 12.8. The van der Waals surface area contributed by atoms with Crippen molar-refractivity contribution in [1.82, 2.24) is 4.31 Å². The van der Waals surface area contributed by atoms with E-state index >= 15 is 0 Å². The van der Waals surface area contributed by atoms with Gasteiger partial charge in [0, 0.05) is 13.1 Å². The molecule has 5 nitrogen and oxygen atoms in total. The second-order valence-electron chi connectivity index (χ2n) is 6.76. The van der Waals surface area contributed by atoms with Crippen LogP contribution >= 0.6 is 0 Å². The number of rotatable bonds is 5. The van der Waals surface area contributed by atoms with E-state index in [0.29, 0.717) is 37.4 Å². The maximum absolute atomic E-state index is 13.1. The van der Waals surface area contributed by atoms with E-state index in [1.165, 1.54) is 23.5 Å². The Morgan fingerprint density at radius 1 is 1.04 bits per heavy atom. The Hall–Kier alpha value is -2.12. The van der Waals surface area contributed by atoms with Gasteiger partial charge in [-0.2, -0.15) is 4.31 Å². The first-order valence-electron chi connectivity index (χ1n) is 8.89. The lowest BCUT2D eigenvalue weighted by Gasteiger charge is -2.31. The van der Waals surface area contributed by atoms with Gasteiger partial charge < -0.3 is 9.47 Å². The van der Waals surface area contributed by atoms with Crippen molar-refractivity contribution >= 4 is 10.0 Å². The summed E-state index contributed by atoms with van der Waals surface area (Å²) in [5.41, 5.74) is 1.89. The Kier molecular flexibility index (Phi) is 5.72. The van der Waals surface area contributed by atoms with Crippen LogP contribution in [-0.2, 0) is 10.0 Å². The molecule has 7 heteroatoms. The number of aryl methyl sites for hydroxylation is 2. The monoisotopic (exact) mass is 393 g/mol. The molecule has 0 aromatic heterocycles. The summed E-state index contributed by atoms with van der Waals surface area (Å²) in [6.07, 6.45) is 1.05. The minimum Gasteiger partial charge on any atom is -0.495 e. The highest BCUT2D eigenvalue weighted by atomic mass is 32.2. The summed E-state index contributed by atoms with van der Waals surface area (Å²) in [5.74, 6) is 0.641. The van der Waals surface area contributed by atoms with Crippen LogP contribution in [0, 0.1) is 19.7 Å². The molecule has 0 aliphatic carbocycles. The Morgan fingerprint density at radius 2 is 1.63 bits per heavy atom. The summed E-state index contributed by atoms with van der Waals surface area (Å²) >= 11 is 0. The molecule has 0 N–H and O–H groups in total.